The van der Waals surface area contributed by atoms with E-state index in [1.165, 1.54) is 5.57 Å². The minimum atomic E-state index is -0.644. The third-order valence-electron chi connectivity index (χ3n) is 4.63. The van der Waals surface area contributed by atoms with Crippen molar-refractivity contribution < 1.29 is 9.90 Å². The molecule has 3 unspecified atom stereocenters. The van der Waals surface area contributed by atoms with Crippen LogP contribution in [0.15, 0.2) is 11.6 Å². The summed E-state index contributed by atoms with van der Waals surface area (Å²) in [6, 6.07) is 0.422. The fraction of sp³-hybridized carbons (Fsp3) is 0.800. The second-order valence-corrected chi connectivity index (χ2v) is 6.37. The van der Waals surface area contributed by atoms with Crippen LogP contribution in [0.1, 0.15) is 47.5 Å². The third-order valence-corrected chi connectivity index (χ3v) is 4.63. The Morgan fingerprint density at radius 3 is 2.50 bits per heavy atom. The highest BCUT2D eigenvalue weighted by Gasteiger charge is 2.45. The number of hydrogen-bond acceptors (Lipinski definition) is 2. The van der Waals surface area contributed by atoms with Crippen LogP contribution < -0.4 is 5.32 Å². The zero-order valence-electron chi connectivity index (χ0n) is 12.3. The van der Waals surface area contributed by atoms with Gasteiger partial charge in [-0.15, -0.1) is 0 Å². The van der Waals surface area contributed by atoms with Gasteiger partial charge in [0.1, 0.15) is 0 Å². The molecule has 1 aliphatic rings. The molecule has 3 heteroatoms. The van der Waals surface area contributed by atoms with Gasteiger partial charge in [0, 0.05) is 12.6 Å². The molecule has 18 heavy (non-hydrogen) atoms. The van der Waals surface area contributed by atoms with E-state index in [9.17, 15) is 9.90 Å². The van der Waals surface area contributed by atoms with Gasteiger partial charge in [-0.2, -0.15) is 0 Å². The number of nitrogens with one attached hydrogen (secondary N) is 1. The van der Waals surface area contributed by atoms with Gasteiger partial charge in [-0.05, 0) is 38.0 Å². The van der Waals surface area contributed by atoms with Gasteiger partial charge in [-0.25, -0.2) is 0 Å². The Labute approximate surface area is 111 Å². The Morgan fingerprint density at radius 1 is 1.39 bits per heavy atom. The maximum absolute atomic E-state index is 11.3. The van der Waals surface area contributed by atoms with Gasteiger partial charge < -0.3 is 10.4 Å². The molecule has 0 aromatic heterocycles. The number of carboxylic acids is 1. The van der Waals surface area contributed by atoms with Crippen molar-refractivity contribution >= 4 is 5.97 Å². The first-order valence-electron chi connectivity index (χ1n) is 6.86. The summed E-state index contributed by atoms with van der Waals surface area (Å²) in [5, 5.41) is 12.8. The molecule has 0 aliphatic heterocycles. The lowest BCUT2D eigenvalue weighted by Crippen LogP contribution is -2.51. The SMILES string of the molecule is CC(C)=CCNC1CCC(C(=O)O)C(C)(C)C1C. The Bertz CT molecular complexity index is 329. The highest BCUT2D eigenvalue weighted by atomic mass is 16.4. The third kappa shape index (κ3) is 3.35. The topological polar surface area (TPSA) is 49.3 Å². The minimum absolute atomic E-state index is 0.146. The van der Waals surface area contributed by atoms with Crippen molar-refractivity contribution in [3.63, 3.8) is 0 Å². The number of aliphatic carboxylic acids is 1. The summed E-state index contributed by atoms with van der Waals surface area (Å²) in [4.78, 5) is 11.3. The molecule has 1 rings (SSSR count). The fourth-order valence-corrected chi connectivity index (χ4v) is 2.94. The fourth-order valence-electron chi connectivity index (χ4n) is 2.94. The van der Waals surface area contributed by atoms with Gasteiger partial charge in [0.25, 0.3) is 0 Å². The van der Waals surface area contributed by atoms with Gasteiger partial charge >= 0.3 is 5.97 Å². The summed E-state index contributed by atoms with van der Waals surface area (Å²) >= 11 is 0. The van der Waals surface area contributed by atoms with E-state index in [2.05, 4.69) is 46.0 Å². The van der Waals surface area contributed by atoms with Crippen molar-refractivity contribution in [2.45, 2.75) is 53.5 Å². The van der Waals surface area contributed by atoms with Crippen LogP contribution in [0.25, 0.3) is 0 Å². The standard InChI is InChI=1S/C15H27NO2/c1-10(2)8-9-16-13-7-6-12(14(17)18)15(4,5)11(13)3/h8,11-13,16H,6-7,9H2,1-5H3,(H,17,18). The molecular formula is C15H27NO2. The van der Waals surface area contributed by atoms with Crippen LogP contribution in [-0.4, -0.2) is 23.7 Å². The number of rotatable bonds is 4. The van der Waals surface area contributed by atoms with E-state index in [-0.39, 0.29) is 11.3 Å². The van der Waals surface area contributed by atoms with Crippen LogP contribution in [-0.2, 0) is 4.79 Å². The molecule has 0 amide bonds. The van der Waals surface area contributed by atoms with Crippen LogP contribution in [0, 0.1) is 17.3 Å². The van der Waals surface area contributed by atoms with E-state index >= 15 is 0 Å². The Morgan fingerprint density at radius 2 is 2.00 bits per heavy atom. The molecule has 0 bridgehead atoms. The van der Waals surface area contributed by atoms with Gasteiger partial charge in [-0.1, -0.05) is 32.4 Å². The minimum Gasteiger partial charge on any atom is -0.481 e. The first-order valence-corrected chi connectivity index (χ1v) is 6.86. The van der Waals surface area contributed by atoms with Crippen molar-refractivity contribution in [3.8, 4) is 0 Å². The smallest absolute Gasteiger partial charge is 0.307 e. The van der Waals surface area contributed by atoms with Crippen molar-refractivity contribution in [1.82, 2.24) is 5.32 Å². The van der Waals surface area contributed by atoms with Gasteiger partial charge in [0.05, 0.1) is 5.92 Å². The molecule has 1 fully saturated rings. The lowest BCUT2D eigenvalue weighted by atomic mass is 9.61. The Hall–Kier alpha value is -0.830. The predicted molar refractivity (Wildman–Crippen MR) is 74.5 cm³/mol. The first-order chi connectivity index (χ1) is 8.26. The van der Waals surface area contributed by atoms with Crippen LogP contribution in [0.2, 0.25) is 0 Å². The average Bonchev–Trinajstić information content (AvgIpc) is 2.23. The summed E-state index contributed by atoms with van der Waals surface area (Å²) in [5.41, 5.74) is 1.17. The van der Waals surface area contributed by atoms with E-state index < -0.39 is 5.97 Å². The molecular weight excluding hydrogens is 226 g/mol. The second kappa shape index (κ2) is 5.87. The van der Waals surface area contributed by atoms with Gasteiger partial charge in [-0.3, -0.25) is 4.79 Å². The van der Waals surface area contributed by atoms with Crippen LogP contribution in [0.5, 0.6) is 0 Å². The molecule has 0 heterocycles. The zero-order valence-corrected chi connectivity index (χ0v) is 12.3. The first kappa shape index (κ1) is 15.2. The van der Waals surface area contributed by atoms with Crippen molar-refractivity contribution in [1.29, 1.82) is 0 Å². The normalized spacial score (nSPS) is 30.8. The second-order valence-electron chi connectivity index (χ2n) is 6.37. The maximum atomic E-state index is 11.3. The summed E-state index contributed by atoms with van der Waals surface area (Å²) < 4.78 is 0. The molecule has 3 atom stereocenters. The average molecular weight is 253 g/mol. The van der Waals surface area contributed by atoms with E-state index in [0.717, 1.165) is 19.4 Å². The molecule has 0 aromatic rings. The summed E-state index contributed by atoms with van der Waals surface area (Å²) in [5.74, 6) is -0.485. The summed E-state index contributed by atoms with van der Waals surface area (Å²) in [6.45, 7) is 11.4. The molecule has 0 aromatic carbocycles. The van der Waals surface area contributed by atoms with E-state index in [1.807, 2.05) is 0 Å². The lowest BCUT2D eigenvalue weighted by molar-refractivity contribution is -0.150. The molecule has 104 valence electrons. The molecule has 2 N–H and O–H groups in total. The number of carboxylic acid groups (broad SMARTS) is 1. The lowest BCUT2D eigenvalue weighted by Gasteiger charge is -2.46. The predicted octanol–water partition coefficient (Wildman–Crippen LogP) is 3.07. The van der Waals surface area contributed by atoms with Gasteiger partial charge in [0.15, 0.2) is 0 Å². The number of carbonyl (C=O) groups is 1. The van der Waals surface area contributed by atoms with Crippen molar-refractivity contribution in [2.75, 3.05) is 6.54 Å². The number of hydrogen-bond donors (Lipinski definition) is 2. The van der Waals surface area contributed by atoms with E-state index in [4.69, 9.17) is 0 Å². The molecule has 3 nitrogen and oxygen atoms in total. The van der Waals surface area contributed by atoms with Crippen molar-refractivity contribution in [3.05, 3.63) is 11.6 Å². The molecule has 1 saturated carbocycles. The molecule has 0 spiro atoms. The van der Waals surface area contributed by atoms with Gasteiger partial charge in [0.2, 0.25) is 0 Å². The summed E-state index contributed by atoms with van der Waals surface area (Å²) in [7, 11) is 0. The van der Waals surface area contributed by atoms with Crippen LogP contribution in [0.4, 0.5) is 0 Å². The highest BCUT2D eigenvalue weighted by molar-refractivity contribution is 5.71. The zero-order chi connectivity index (χ0) is 13.9. The molecule has 1 aliphatic carbocycles. The van der Waals surface area contributed by atoms with Crippen LogP contribution >= 0.6 is 0 Å². The molecule has 0 saturated heterocycles. The van der Waals surface area contributed by atoms with Crippen molar-refractivity contribution in [2.24, 2.45) is 17.3 Å². The van der Waals surface area contributed by atoms with E-state index in [0.29, 0.717) is 12.0 Å². The largest absolute Gasteiger partial charge is 0.481 e. The highest BCUT2D eigenvalue weighted by Crippen LogP contribution is 2.44. The van der Waals surface area contributed by atoms with E-state index in [1.54, 1.807) is 0 Å². The number of allylic oxidation sites excluding steroid dienone is 1. The summed E-state index contributed by atoms with van der Waals surface area (Å²) in [6.07, 6.45) is 3.92. The Kier molecular flexibility index (Phi) is 4.97. The monoisotopic (exact) mass is 253 g/mol. The van der Waals surface area contributed by atoms with Crippen LogP contribution in [0.3, 0.4) is 0 Å². The molecule has 0 radical (unpaired) electrons. The maximum Gasteiger partial charge on any atom is 0.307 e. The quantitative estimate of drug-likeness (QED) is 0.757. The Balaban J connectivity index is 2.66.